The number of anilines is 1. The van der Waals surface area contributed by atoms with Crippen LogP contribution < -0.4 is 9.64 Å². The van der Waals surface area contributed by atoms with E-state index in [0.717, 1.165) is 12.1 Å². The smallest absolute Gasteiger partial charge is 0.244 e. The molecule has 18 heavy (non-hydrogen) atoms. The van der Waals surface area contributed by atoms with Gasteiger partial charge in [0.2, 0.25) is 5.91 Å². The van der Waals surface area contributed by atoms with Gasteiger partial charge in [0, 0.05) is 18.8 Å². The number of amides is 1. The van der Waals surface area contributed by atoms with Gasteiger partial charge in [-0.05, 0) is 18.6 Å². The lowest BCUT2D eigenvalue weighted by Gasteiger charge is -2.20. The summed E-state index contributed by atoms with van der Waals surface area (Å²) in [6.45, 7) is 1.96. The first-order valence-electron chi connectivity index (χ1n) is 5.95. The Morgan fingerprint density at radius 1 is 1.56 bits per heavy atom. The van der Waals surface area contributed by atoms with Crippen molar-refractivity contribution < 1.29 is 9.53 Å². The third kappa shape index (κ3) is 3.24. The van der Waals surface area contributed by atoms with Crippen molar-refractivity contribution in [2.75, 3.05) is 19.1 Å². The summed E-state index contributed by atoms with van der Waals surface area (Å²) in [4.78, 5) is 13.6. The van der Waals surface area contributed by atoms with E-state index in [9.17, 15) is 4.79 Å². The van der Waals surface area contributed by atoms with E-state index >= 15 is 0 Å². The van der Waals surface area contributed by atoms with Crippen molar-refractivity contribution in [3.8, 4) is 11.8 Å². The maximum absolute atomic E-state index is 12.1. The van der Waals surface area contributed by atoms with E-state index in [0.29, 0.717) is 12.2 Å². The van der Waals surface area contributed by atoms with Crippen molar-refractivity contribution in [3.05, 3.63) is 24.3 Å². The number of rotatable bonds is 5. The quantitative estimate of drug-likeness (QED) is 0.802. The molecule has 1 amide bonds. The van der Waals surface area contributed by atoms with Crippen LogP contribution in [0.5, 0.6) is 5.75 Å². The molecule has 0 heterocycles. The number of carbonyl (C=O) groups excluding carboxylic acids is 1. The Kier molecular flexibility index (Phi) is 5.19. The van der Waals surface area contributed by atoms with Gasteiger partial charge in [-0.1, -0.05) is 19.4 Å². The monoisotopic (exact) mass is 246 g/mol. The fourth-order valence-corrected chi connectivity index (χ4v) is 1.71. The average Bonchev–Trinajstić information content (AvgIpc) is 2.43. The van der Waals surface area contributed by atoms with Gasteiger partial charge in [-0.2, -0.15) is 5.26 Å². The summed E-state index contributed by atoms with van der Waals surface area (Å²) in [7, 11) is 3.26. The first kappa shape index (κ1) is 14.0. The fraction of sp³-hybridized carbons (Fsp3) is 0.429. The lowest BCUT2D eigenvalue weighted by Crippen LogP contribution is -2.32. The number of methoxy groups -OCH3 is 1. The lowest BCUT2D eigenvalue weighted by molar-refractivity contribution is -0.120. The highest BCUT2D eigenvalue weighted by Crippen LogP contribution is 2.22. The molecule has 0 aliphatic heterocycles. The van der Waals surface area contributed by atoms with Crippen LogP contribution in [0.3, 0.4) is 0 Å². The van der Waals surface area contributed by atoms with E-state index in [-0.39, 0.29) is 5.91 Å². The molecule has 1 rings (SSSR count). The number of hydrogen-bond donors (Lipinski definition) is 0. The molecule has 0 N–H and O–H groups in total. The third-order valence-corrected chi connectivity index (χ3v) is 2.80. The van der Waals surface area contributed by atoms with Crippen LogP contribution in [0.25, 0.3) is 0 Å². The van der Waals surface area contributed by atoms with Gasteiger partial charge in [-0.25, -0.2) is 0 Å². The van der Waals surface area contributed by atoms with Crippen LogP contribution in [-0.2, 0) is 4.79 Å². The van der Waals surface area contributed by atoms with Gasteiger partial charge in [0.25, 0.3) is 0 Å². The predicted molar refractivity (Wildman–Crippen MR) is 70.4 cm³/mol. The van der Waals surface area contributed by atoms with Gasteiger partial charge in [-0.15, -0.1) is 0 Å². The van der Waals surface area contributed by atoms with Crippen LogP contribution in [0, 0.1) is 17.2 Å². The van der Waals surface area contributed by atoms with E-state index in [1.165, 1.54) is 4.90 Å². The molecule has 4 nitrogen and oxygen atoms in total. The van der Waals surface area contributed by atoms with E-state index in [4.69, 9.17) is 10.00 Å². The van der Waals surface area contributed by atoms with Crippen molar-refractivity contribution in [1.82, 2.24) is 0 Å². The minimum absolute atomic E-state index is 0.174. The number of hydrogen-bond acceptors (Lipinski definition) is 3. The summed E-state index contributed by atoms with van der Waals surface area (Å²) in [5.41, 5.74) is 0.732. The predicted octanol–water partition coefficient (Wildman–Crippen LogP) is 2.60. The van der Waals surface area contributed by atoms with Gasteiger partial charge in [-0.3, -0.25) is 4.79 Å². The Balaban J connectivity index is 2.88. The molecule has 1 aromatic rings. The molecule has 4 heteroatoms. The van der Waals surface area contributed by atoms with E-state index in [1.807, 2.05) is 25.1 Å². The second kappa shape index (κ2) is 6.65. The molecule has 0 saturated carbocycles. The zero-order chi connectivity index (χ0) is 13.5. The van der Waals surface area contributed by atoms with Crippen molar-refractivity contribution in [2.24, 2.45) is 5.92 Å². The molecule has 1 aromatic carbocycles. The molecule has 0 aromatic heterocycles. The first-order chi connectivity index (χ1) is 8.63. The zero-order valence-corrected chi connectivity index (χ0v) is 11.0. The molecule has 1 unspecified atom stereocenters. The molecule has 0 bridgehead atoms. The maximum Gasteiger partial charge on any atom is 0.244 e. The SMILES string of the molecule is CCCC(C#N)C(=O)N(C)c1cccc(OC)c1. The molecular formula is C14H18N2O2. The molecule has 0 radical (unpaired) electrons. The number of carbonyl (C=O) groups is 1. The highest BCUT2D eigenvalue weighted by molar-refractivity contribution is 5.96. The average molecular weight is 246 g/mol. The minimum atomic E-state index is -0.578. The van der Waals surface area contributed by atoms with Crippen LogP contribution >= 0.6 is 0 Å². The molecule has 0 fully saturated rings. The Labute approximate surface area is 108 Å². The topological polar surface area (TPSA) is 53.3 Å². The minimum Gasteiger partial charge on any atom is -0.497 e. The van der Waals surface area contributed by atoms with Crippen LogP contribution in [0.2, 0.25) is 0 Å². The fourth-order valence-electron chi connectivity index (χ4n) is 1.71. The molecule has 1 atom stereocenters. The Hall–Kier alpha value is -2.02. The highest BCUT2D eigenvalue weighted by Gasteiger charge is 2.21. The number of ether oxygens (including phenoxy) is 1. The second-order valence-corrected chi connectivity index (χ2v) is 4.07. The summed E-state index contributed by atoms with van der Waals surface area (Å²) in [6, 6.07) is 9.29. The standard InChI is InChI=1S/C14H18N2O2/c1-4-6-11(10-15)14(17)16(2)12-7-5-8-13(9-12)18-3/h5,7-9,11H,4,6H2,1-3H3. The number of benzene rings is 1. The van der Waals surface area contributed by atoms with Crippen molar-refractivity contribution >= 4 is 11.6 Å². The lowest BCUT2D eigenvalue weighted by atomic mass is 10.0. The van der Waals surface area contributed by atoms with Gasteiger partial charge in [0.1, 0.15) is 11.7 Å². The van der Waals surface area contributed by atoms with Crippen LogP contribution in [0.4, 0.5) is 5.69 Å². The molecule has 0 aliphatic rings. The molecule has 96 valence electrons. The number of nitrogens with zero attached hydrogens (tertiary/aromatic N) is 2. The Morgan fingerprint density at radius 3 is 2.83 bits per heavy atom. The second-order valence-electron chi connectivity index (χ2n) is 4.07. The first-order valence-corrected chi connectivity index (χ1v) is 5.95. The van der Waals surface area contributed by atoms with Crippen molar-refractivity contribution in [3.63, 3.8) is 0 Å². The van der Waals surface area contributed by atoms with Crippen LogP contribution in [-0.4, -0.2) is 20.1 Å². The van der Waals surface area contributed by atoms with Crippen molar-refractivity contribution in [1.29, 1.82) is 5.26 Å². The maximum atomic E-state index is 12.1. The number of nitriles is 1. The van der Waals surface area contributed by atoms with Gasteiger partial charge >= 0.3 is 0 Å². The largest absolute Gasteiger partial charge is 0.497 e. The summed E-state index contributed by atoms with van der Waals surface area (Å²) < 4.78 is 5.12. The van der Waals surface area contributed by atoms with E-state index in [1.54, 1.807) is 20.2 Å². The molecule has 0 spiro atoms. The third-order valence-electron chi connectivity index (χ3n) is 2.80. The van der Waals surface area contributed by atoms with E-state index < -0.39 is 5.92 Å². The Bertz CT molecular complexity index is 451. The van der Waals surface area contributed by atoms with Gasteiger partial charge in [0.05, 0.1) is 13.2 Å². The normalized spacial score (nSPS) is 11.4. The molecular weight excluding hydrogens is 228 g/mol. The summed E-state index contributed by atoms with van der Waals surface area (Å²) in [6.07, 6.45) is 1.40. The molecule has 0 saturated heterocycles. The summed E-state index contributed by atoms with van der Waals surface area (Å²) in [5.74, 6) is -0.0602. The molecule has 0 aliphatic carbocycles. The van der Waals surface area contributed by atoms with Gasteiger partial charge in [0.15, 0.2) is 0 Å². The highest BCUT2D eigenvalue weighted by atomic mass is 16.5. The summed E-state index contributed by atoms with van der Waals surface area (Å²) >= 11 is 0. The van der Waals surface area contributed by atoms with Crippen molar-refractivity contribution in [2.45, 2.75) is 19.8 Å². The zero-order valence-electron chi connectivity index (χ0n) is 11.0. The van der Waals surface area contributed by atoms with Crippen LogP contribution in [0.1, 0.15) is 19.8 Å². The van der Waals surface area contributed by atoms with Gasteiger partial charge < -0.3 is 9.64 Å². The van der Waals surface area contributed by atoms with E-state index in [2.05, 4.69) is 6.07 Å². The summed E-state index contributed by atoms with van der Waals surface area (Å²) in [5, 5.41) is 9.00. The Morgan fingerprint density at radius 2 is 2.28 bits per heavy atom. The van der Waals surface area contributed by atoms with Crippen LogP contribution in [0.15, 0.2) is 24.3 Å².